The molecule has 0 bridgehead atoms. The number of piperidine rings is 1. The van der Waals surface area contributed by atoms with E-state index in [1.165, 1.54) is 5.56 Å². The fraction of sp³-hybridized carbons (Fsp3) is 0.375. The van der Waals surface area contributed by atoms with Crippen molar-refractivity contribution in [3.8, 4) is 16.8 Å². The van der Waals surface area contributed by atoms with E-state index < -0.39 is 0 Å². The highest BCUT2D eigenvalue weighted by atomic mass is 16.5. The Morgan fingerprint density at radius 1 is 1.03 bits per heavy atom. The second kappa shape index (κ2) is 9.22. The van der Waals surface area contributed by atoms with E-state index in [-0.39, 0.29) is 5.91 Å². The van der Waals surface area contributed by atoms with E-state index in [1.54, 1.807) is 4.68 Å². The fourth-order valence-corrected chi connectivity index (χ4v) is 3.93. The van der Waals surface area contributed by atoms with Gasteiger partial charge in [-0.2, -0.15) is 0 Å². The monoisotopic (exact) mass is 404 g/mol. The van der Waals surface area contributed by atoms with Gasteiger partial charge in [0, 0.05) is 26.3 Å². The first-order chi connectivity index (χ1) is 14.7. The van der Waals surface area contributed by atoms with Crippen molar-refractivity contribution in [1.82, 2.24) is 19.9 Å². The van der Waals surface area contributed by atoms with Crippen LogP contribution < -0.4 is 0 Å². The van der Waals surface area contributed by atoms with Crippen LogP contribution in [0.5, 0.6) is 0 Å². The van der Waals surface area contributed by atoms with Gasteiger partial charge in [-0.05, 0) is 55.9 Å². The number of nitrogens with zero attached hydrogens (tertiary/aromatic N) is 4. The molecule has 1 aliphatic rings. The molecule has 6 nitrogen and oxygen atoms in total. The standard InChI is InChI=1S/C24H28N4O2/c1-3-30-17-19-13-15-27(16-14-19)24(29)23-18(2)28(26-25-23)22-11-9-21(10-12-22)20-7-5-4-6-8-20/h4-12,19H,3,13-17H2,1-2H3. The molecule has 0 aliphatic carbocycles. The van der Waals surface area contributed by atoms with E-state index in [0.29, 0.717) is 11.6 Å². The number of likely N-dealkylation sites (tertiary alicyclic amines) is 1. The highest BCUT2D eigenvalue weighted by Gasteiger charge is 2.27. The van der Waals surface area contributed by atoms with Crippen LogP contribution in [0, 0.1) is 12.8 Å². The van der Waals surface area contributed by atoms with E-state index in [9.17, 15) is 4.79 Å². The quantitative estimate of drug-likeness (QED) is 0.620. The molecule has 1 fully saturated rings. The van der Waals surface area contributed by atoms with E-state index in [1.807, 2.05) is 49.1 Å². The Labute approximate surface area is 177 Å². The largest absolute Gasteiger partial charge is 0.381 e. The number of benzene rings is 2. The summed E-state index contributed by atoms with van der Waals surface area (Å²) in [7, 11) is 0. The number of amides is 1. The van der Waals surface area contributed by atoms with Crippen molar-refractivity contribution in [2.45, 2.75) is 26.7 Å². The molecule has 3 aromatic rings. The maximum atomic E-state index is 13.0. The minimum Gasteiger partial charge on any atom is -0.381 e. The van der Waals surface area contributed by atoms with Gasteiger partial charge in [0.1, 0.15) is 0 Å². The molecule has 0 atom stereocenters. The van der Waals surface area contributed by atoms with Crippen LogP contribution in [0.3, 0.4) is 0 Å². The summed E-state index contributed by atoms with van der Waals surface area (Å²) in [6.07, 6.45) is 1.94. The summed E-state index contributed by atoms with van der Waals surface area (Å²) in [5.41, 5.74) is 4.41. The van der Waals surface area contributed by atoms with Crippen LogP contribution >= 0.6 is 0 Å². The number of carbonyl (C=O) groups excluding carboxylic acids is 1. The molecule has 1 amide bonds. The van der Waals surface area contributed by atoms with Gasteiger partial charge in [0.15, 0.2) is 5.69 Å². The van der Waals surface area contributed by atoms with Gasteiger partial charge in [-0.1, -0.05) is 47.7 Å². The average molecular weight is 405 g/mol. The summed E-state index contributed by atoms with van der Waals surface area (Å²) >= 11 is 0. The summed E-state index contributed by atoms with van der Waals surface area (Å²) in [4.78, 5) is 14.9. The van der Waals surface area contributed by atoms with Gasteiger partial charge < -0.3 is 9.64 Å². The predicted molar refractivity (Wildman–Crippen MR) is 117 cm³/mol. The molecule has 0 unspecified atom stereocenters. The zero-order valence-corrected chi connectivity index (χ0v) is 17.6. The lowest BCUT2D eigenvalue weighted by Gasteiger charge is -2.31. The minimum absolute atomic E-state index is 0.0329. The zero-order chi connectivity index (χ0) is 20.9. The van der Waals surface area contributed by atoms with E-state index in [2.05, 4.69) is 34.6 Å². The molecule has 0 saturated carbocycles. The van der Waals surface area contributed by atoms with Crippen LogP contribution in [-0.2, 0) is 4.74 Å². The third-order valence-corrected chi connectivity index (χ3v) is 5.78. The molecule has 0 spiro atoms. The summed E-state index contributed by atoms with van der Waals surface area (Å²) in [5.74, 6) is 0.503. The van der Waals surface area contributed by atoms with Gasteiger partial charge in [0.2, 0.25) is 0 Å². The second-order valence-electron chi connectivity index (χ2n) is 7.74. The molecular weight excluding hydrogens is 376 g/mol. The first kappa shape index (κ1) is 20.3. The molecule has 156 valence electrons. The third kappa shape index (κ3) is 4.28. The van der Waals surface area contributed by atoms with E-state index in [4.69, 9.17) is 4.74 Å². The van der Waals surface area contributed by atoms with Crippen molar-refractivity contribution >= 4 is 5.91 Å². The van der Waals surface area contributed by atoms with Crippen LogP contribution in [0.2, 0.25) is 0 Å². The van der Waals surface area contributed by atoms with Crippen LogP contribution in [0.15, 0.2) is 54.6 Å². The summed E-state index contributed by atoms with van der Waals surface area (Å²) in [5, 5.41) is 8.47. The van der Waals surface area contributed by atoms with Crippen LogP contribution in [0.4, 0.5) is 0 Å². The number of carbonyl (C=O) groups is 1. The predicted octanol–water partition coefficient (Wildman–Crippen LogP) is 4.13. The molecule has 1 aromatic heterocycles. The SMILES string of the molecule is CCOCC1CCN(C(=O)c2nnn(-c3ccc(-c4ccccc4)cc3)c2C)CC1. The van der Waals surface area contributed by atoms with Gasteiger partial charge in [-0.25, -0.2) is 4.68 Å². The summed E-state index contributed by atoms with van der Waals surface area (Å²) < 4.78 is 7.27. The van der Waals surface area contributed by atoms with Gasteiger partial charge in [-0.3, -0.25) is 4.79 Å². The minimum atomic E-state index is -0.0329. The lowest BCUT2D eigenvalue weighted by Crippen LogP contribution is -2.39. The van der Waals surface area contributed by atoms with Crippen LogP contribution in [0.25, 0.3) is 16.8 Å². The lowest BCUT2D eigenvalue weighted by molar-refractivity contribution is 0.0546. The highest BCUT2D eigenvalue weighted by Crippen LogP contribution is 2.23. The molecule has 6 heteroatoms. The molecule has 4 rings (SSSR count). The van der Waals surface area contributed by atoms with E-state index in [0.717, 1.165) is 56.1 Å². The maximum Gasteiger partial charge on any atom is 0.276 e. The van der Waals surface area contributed by atoms with Crippen molar-refractivity contribution < 1.29 is 9.53 Å². The Morgan fingerprint density at radius 2 is 1.70 bits per heavy atom. The maximum absolute atomic E-state index is 13.0. The Morgan fingerprint density at radius 3 is 2.37 bits per heavy atom. The molecule has 0 radical (unpaired) electrons. The lowest BCUT2D eigenvalue weighted by atomic mass is 9.97. The number of aromatic nitrogens is 3. The average Bonchev–Trinajstić information content (AvgIpc) is 3.19. The first-order valence-electron chi connectivity index (χ1n) is 10.6. The molecule has 2 heterocycles. The number of hydrogen-bond acceptors (Lipinski definition) is 4. The molecule has 2 aromatic carbocycles. The number of hydrogen-bond donors (Lipinski definition) is 0. The van der Waals surface area contributed by atoms with Gasteiger partial charge in [0.05, 0.1) is 11.4 Å². The van der Waals surface area contributed by atoms with Gasteiger partial charge in [0.25, 0.3) is 5.91 Å². The Kier molecular flexibility index (Phi) is 6.23. The number of rotatable bonds is 6. The van der Waals surface area contributed by atoms with Crippen molar-refractivity contribution in [2.24, 2.45) is 5.92 Å². The first-order valence-corrected chi connectivity index (χ1v) is 10.6. The summed E-state index contributed by atoms with van der Waals surface area (Å²) in [6.45, 7) is 6.93. The fourth-order valence-electron chi connectivity index (χ4n) is 3.93. The van der Waals surface area contributed by atoms with Crippen LogP contribution in [-0.4, -0.2) is 52.1 Å². The normalized spacial score (nSPS) is 14.8. The topological polar surface area (TPSA) is 60.2 Å². The van der Waals surface area contributed by atoms with Gasteiger partial charge in [-0.15, -0.1) is 5.10 Å². The van der Waals surface area contributed by atoms with Gasteiger partial charge >= 0.3 is 0 Å². The van der Waals surface area contributed by atoms with Crippen molar-refractivity contribution in [2.75, 3.05) is 26.3 Å². The molecule has 1 saturated heterocycles. The van der Waals surface area contributed by atoms with E-state index >= 15 is 0 Å². The molecule has 1 aliphatic heterocycles. The molecular formula is C24H28N4O2. The third-order valence-electron chi connectivity index (χ3n) is 5.78. The Bertz CT molecular complexity index is 974. The zero-order valence-electron chi connectivity index (χ0n) is 17.6. The van der Waals surface area contributed by atoms with Crippen LogP contribution in [0.1, 0.15) is 35.9 Å². The second-order valence-corrected chi connectivity index (χ2v) is 7.74. The van der Waals surface area contributed by atoms with Crippen molar-refractivity contribution in [3.63, 3.8) is 0 Å². The Balaban J connectivity index is 1.46. The molecule has 0 N–H and O–H groups in total. The number of ether oxygens (including phenoxy) is 1. The summed E-state index contributed by atoms with van der Waals surface area (Å²) in [6, 6.07) is 18.4. The molecule has 30 heavy (non-hydrogen) atoms. The smallest absolute Gasteiger partial charge is 0.276 e. The highest BCUT2D eigenvalue weighted by molar-refractivity contribution is 5.93. The van der Waals surface area contributed by atoms with Crippen molar-refractivity contribution in [3.05, 3.63) is 66.0 Å². The van der Waals surface area contributed by atoms with Crippen molar-refractivity contribution in [1.29, 1.82) is 0 Å². The Hall–Kier alpha value is -2.99.